The summed E-state index contributed by atoms with van der Waals surface area (Å²) < 4.78 is 73.9. The third-order valence-electron chi connectivity index (χ3n) is 7.89. The highest BCUT2D eigenvalue weighted by Gasteiger charge is 2.49. The largest absolute Gasteiger partial charge is 0.490 e. The summed E-state index contributed by atoms with van der Waals surface area (Å²) in [4.78, 5) is 36.2. The summed E-state index contributed by atoms with van der Waals surface area (Å²) in [5.74, 6) is -4.34. The van der Waals surface area contributed by atoms with Gasteiger partial charge in [-0.25, -0.2) is 19.8 Å². The maximum atomic E-state index is 15.7. The van der Waals surface area contributed by atoms with Crippen LogP contribution in [0.15, 0.2) is 47.6 Å². The molecular formula is C30H28F5N5O5. The van der Waals surface area contributed by atoms with Gasteiger partial charge in [0.2, 0.25) is 11.9 Å². The monoisotopic (exact) mass is 633 g/mol. The van der Waals surface area contributed by atoms with E-state index in [1.807, 2.05) is 13.8 Å². The molecule has 6 rings (SSSR count). The molecule has 3 N–H and O–H groups in total. The Morgan fingerprint density at radius 2 is 1.84 bits per heavy atom. The number of aromatic nitrogens is 2. The van der Waals surface area contributed by atoms with Gasteiger partial charge in [-0.2, -0.15) is 22.0 Å². The van der Waals surface area contributed by atoms with E-state index in [1.165, 1.54) is 11.1 Å². The van der Waals surface area contributed by atoms with Crippen molar-refractivity contribution >= 4 is 17.8 Å². The zero-order chi connectivity index (χ0) is 32.9. The van der Waals surface area contributed by atoms with Crippen molar-refractivity contribution in [1.29, 1.82) is 0 Å². The molecule has 3 aromatic rings. The van der Waals surface area contributed by atoms with Crippen molar-refractivity contribution in [3.8, 4) is 22.6 Å². The Morgan fingerprint density at radius 3 is 2.47 bits per heavy atom. The van der Waals surface area contributed by atoms with Crippen LogP contribution in [0.4, 0.5) is 22.0 Å². The smallest absolute Gasteiger partial charge is 0.475 e. The molecule has 15 heteroatoms. The Bertz CT molecular complexity index is 1710. The average molecular weight is 634 g/mol. The van der Waals surface area contributed by atoms with Crippen molar-refractivity contribution in [3.63, 3.8) is 0 Å². The van der Waals surface area contributed by atoms with Gasteiger partial charge in [0.15, 0.2) is 11.7 Å². The Morgan fingerprint density at radius 1 is 1.13 bits per heavy atom. The Labute approximate surface area is 253 Å². The maximum absolute atomic E-state index is 15.7. The third kappa shape index (κ3) is 6.03. The predicted molar refractivity (Wildman–Crippen MR) is 149 cm³/mol. The molecule has 2 aromatic heterocycles. The van der Waals surface area contributed by atoms with E-state index in [-0.39, 0.29) is 41.1 Å². The van der Waals surface area contributed by atoms with Gasteiger partial charge >= 0.3 is 12.1 Å². The molecule has 3 aliphatic heterocycles. The van der Waals surface area contributed by atoms with Crippen LogP contribution in [-0.2, 0) is 19.9 Å². The number of pyridine rings is 2. The minimum Gasteiger partial charge on any atom is -0.475 e. The van der Waals surface area contributed by atoms with Crippen LogP contribution in [0.3, 0.4) is 0 Å². The highest BCUT2D eigenvalue weighted by Crippen LogP contribution is 2.54. The molecule has 5 heterocycles. The molecule has 238 valence electrons. The molecule has 1 amide bonds. The molecule has 0 saturated carbocycles. The summed E-state index contributed by atoms with van der Waals surface area (Å²) >= 11 is 0. The molecule has 45 heavy (non-hydrogen) atoms. The number of fused-ring (bicyclic) bond motifs is 4. The average Bonchev–Trinajstić information content (AvgIpc) is 2.96. The first-order valence-electron chi connectivity index (χ1n) is 13.7. The molecule has 0 bridgehead atoms. The molecule has 0 aliphatic carbocycles. The normalized spacial score (nSPS) is 22.0. The number of nitrogens with zero attached hydrogens (tertiary/aromatic N) is 4. The van der Waals surface area contributed by atoms with E-state index >= 15 is 4.39 Å². The number of halogens is 5. The van der Waals surface area contributed by atoms with Gasteiger partial charge in [0, 0.05) is 48.2 Å². The van der Waals surface area contributed by atoms with E-state index in [2.05, 4.69) is 9.97 Å². The van der Waals surface area contributed by atoms with Crippen LogP contribution in [0.1, 0.15) is 55.8 Å². The maximum Gasteiger partial charge on any atom is 0.490 e. The first kappa shape index (κ1) is 31.8. The minimum absolute atomic E-state index is 0.0102. The second kappa shape index (κ2) is 11.4. The summed E-state index contributed by atoms with van der Waals surface area (Å²) in [6, 6.07) is 10.0. The first-order chi connectivity index (χ1) is 21.0. The van der Waals surface area contributed by atoms with E-state index < -0.39 is 29.6 Å². The van der Waals surface area contributed by atoms with Crippen LogP contribution < -0.4 is 10.5 Å². The van der Waals surface area contributed by atoms with E-state index in [0.717, 1.165) is 0 Å². The fraction of sp³-hybridized carbons (Fsp3) is 0.367. The van der Waals surface area contributed by atoms with Crippen molar-refractivity contribution in [2.45, 2.75) is 56.3 Å². The Balaban J connectivity index is 0.000000515. The zero-order valence-electron chi connectivity index (χ0n) is 24.3. The minimum atomic E-state index is -5.08. The van der Waals surface area contributed by atoms with Crippen molar-refractivity contribution in [2.75, 3.05) is 13.7 Å². The van der Waals surface area contributed by atoms with Gasteiger partial charge in [-0.3, -0.25) is 9.69 Å². The second-order valence-electron chi connectivity index (χ2n) is 11.4. The topological polar surface area (TPSA) is 140 Å². The van der Waals surface area contributed by atoms with Crippen LogP contribution in [-0.4, -0.2) is 63.2 Å². The molecule has 1 spiro atoms. The lowest BCUT2D eigenvalue weighted by Crippen LogP contribution is -2.49. The fourth-order valence-corrected chi connectivity index (χ4v) is 5.67. The lowest BCUT2D eigenvalue weighted by molar-refractivity contribution is -0.192. The quantitative estimate of drug-likeness (QED) is 0.288. The number of aliphatic imine (C=N–C) groups is 1. The summed E-state index contributed by atoms with van der Waals surface area (Å²) in [6.45, 7) is 4.51. The second-order valence-corrected chi connectivity index (χ2v) is 11.4. The number of hydrogen-bond acceptors (Lipinski definition) is 8. The van der Waals surface area contributed by atoms with Gasteiger partial charge in [-0.15, -0.1) is 0 Å². The van der Waals surface area contributed by atoms with Gasteiger partial charge in [-0.05, 0) is 62.6 Å². The lowest BCUT2D eigenvalue weighted by atomic mass is 9.75. The molecule has 1 unspecified atom stereocenters. The van der Waals surface area contributed by atoms with Gasteiger partial charge < -0.3 is 20.3 Å². The number of carbonyl (C=O) groups excluding carboxylic acids is 1. The lowest BCUT2D eigenvalue weighted by Gasteiger charge is -2.41. The number of rotatable bonds is 2. The molecule has 1 fully saturated rings. The van der Waals surface area contributed by atoms with Crippen molar-refractivity contribution in [1.82, 2.24) is 14.9 Å². The van der Waals surface area contributed by atoms with Crippen LogP contribution in [0, 0.1) is 11.9 Å². The van der Waals surface area contributed by atoms with Crippen LogP contribution in [0.2, 0.25) is 0 Å². The van der Waals surface area contributed by atoms with Crippen molar-refractivity contribution < 1.29 is 46.1 Å². The van der Waals surface area contributed by atoms with E-state index in [0.29, 0.717) is 47.6 Å². The number of alkyl halides is 3. The molecule has 1 saturated heterocycles. The van der Waals surface area contributed by atoms with Gasteiger partial charge in [0.25, 0.3) is 5.95 Å². The van der Waals surface area contributed by atoms with Gasteiger partial charge in [-0.1, -0.05) is 6.07 Å². The van der Waals surface area contributed by atoms with Crippen LogP contribution in [0.25, 0.3) is 11.1 Å². The van der Waals surface area contributed by atoms with Crippen LogP contribution >= 0.6 is 0 Å². The molecular weight excluding hydrogens is 605 g/mol. The number of hydrogen-bond donors (Lipinski definition) is 2. The number of carboxylic acids is 1. The Kier molecular flexibility index (Phi) is 8.02. The summed E-state index contributed by atoms with van der Waals surface area (Å²) in [5, 5.41) is 7.12. The number of aliphatic carboxylic acids is 1. The molecule has 0 radical (unpaired) electrons. The molecule has 2 atom stereocenters. The SMILES string of the molecule is CN1C(=O)C[C@]2(N=C1N)c1cc(-c3cccnc3F)ccc1Oc1c2cc(C2CCOC(C)(C)C2)nc1F.O=C(O)C(F)(F)F. The van der Waals surface area contributed by atoms with E-state index in [4.69, 9.17) is 30.1 Å². The standard InChI is InChI=1S/C28H27F2N5O3.C2HF3O2/c1-27(2)13-16(8-10-37-27)20-12-19-23(25(30)33-20)38-21-7-6-15(17-5-4-9-32-24(17)29)11-18(21)28(19)14-22(36)35(3)26(31)34-28;3-2(4,5)1(6)7/h4-7,9,11-12,16H,8,10,13-14H2,1-3H3,(H2,31,34);(H,6,7)/t16?,28-;/m0./s1. The number of ether oxygens (including phenoxy) is 2. The molecule has 3 aliphatic rings. The van der Waals surface area contributed by atoms with Crippen molar-refractivity contribution in [2.24, 2.45) is 10.7 Å². The first-order valence-corrected chi connectivity index (χ1v) is 13.7. The highest BCUT2D eigenvalue weighted by molar-refractivity contribution is 6.00. The van der Waals surface area contributed by atoms with E-state index in [1.54, 1.807) is 43.4 Å². The number of carbonyl (C=O) groups is 2. The number of amides is 1. The number of benzene rings is 1. The zero-order valence-corrected chi connectivity index (χ0v) is 24.3. The summed E-state index contributed by atoms with van der Waals surface area (Å²) in [7, 11) is 1.54. The number of guanidine groups is 1. The molecule has 10 nitrogen and oxygen atoms in total. The number of carboxylic acid groups (broad SMARTS) is 1. The van der Waals surface area contributed by atoms with Crippen molar-refractivity contribution in [3.05, 3.63) is 71.3 Å². The van der Waals surface area contributed by atoms with E-state index in [9.17, 15) is 22.4 Å². The number of nitrogens with two attached hydrogens (primary N) is 1. The summed E-state index contributed by atoms with van der Waals surface area (Å²) in [5.41, 5.74) is 6.65. The highest BCUT2D eigenvalue weighted by atomic mass is 19.4. The summed E-state index contributed by atoms with van der Waals surface area (Å²) in [6.07, 6.45) is -2.50. The fourth-order valence-electron chi connectivity index (χ4n) is 5.67. The Hall–Kier alpha value is -4.66. The van der Waals surface area contributed by atoms with Crippen LogP contribution in [0.5, 0.6) is 11.5 Å². The van der Waals surface area contributed by atoms with Gasteiger partial charge in [0.1, 0.15) is 11.3 Å². The third-order valence-corrected chi connectivity index (χ3v) is 7.89. The van der Waals surface area contributed by atoms with Gasteiger partial charge in [0.05, 0.1) is 12.0 Å². The predicted octanol–water partition coefficient (Wildman–Crippen LogP) is 5.25. The molecule has 1 aromatic carbocycles.